The van der Waals surface area contributed by atoms with Crippen molar-refractivity contribution in [3.8, 4) is 0 Å². The van der Waals surface area contributed by atoms with Crippen molar-refractivity contribution in [2.24, 2.45) is 10.8 Å². The number of ether oxygens (including phenoxy) is 2. The molecular formula is C27H35BrO4. The molecule has 4 nitrogen and oxygen atoms in total. The van der Waals surface area contributed by atoms with Crippen LogP contribution in [0.15, 0.2) is 60.7 Å². The minimum absolute atomic E-state index is 0.207. The Kier molecular flexibility index (Phi) is 8.69. The fraction of sp³-hybridized carbons (Fsp3) is 0.481. The van der Waals surface area contributed by atoms with E-state index in [1.54, 1.807) is 6.92 Å². The highest BCUT2D eigenvalue weighted by atomic mass is 79.9. The van der Waals surface area contributed by atoms with E-state index in [1.165, 1.54) is 0 Å². The van der Waals surface area contributed by atoms with E-state index in [9.17, 15) is 9.59 Å². The molecule has 0 fully saturated rings. The lowest BCUT2D eigenvalue weighted by molar-refractivity contribution is -0.162. The van der Waals surface area contributed by atoms with E-state index in [0.29, 0.717) is 13.0 Å². The van der Waals surface area contributed by atoms with Crippen molar-refractivity contribution in [3.05, 3.63) is 71.8 Å². The molecule has 0 spiro atoms. The zero-order valence-electron chi connectivity index (χ0n) is 20.0. The van der Waals surface area contributed by atoms with Crippen LogP contribution >= 0.6 is 15.9 Å². The van der Waals surface area contributed by atoms with Crippen LogP contribution in [0.2, 0.25) is 0 Å². The molecule has 0 radical (unpaired) electrons. The average molecular weight is 503 g/mol. The maximum Gasteiger partial charge on any atom is 0.313 e. The fourth-order valence-electron chi connectivity index (χ4n) is 4.20. The summed E-state index contributed by atoms with van der Waals surface area (Å²) in [4.78, 5) is 26.5. The van der Waals surface area contributed by atoms with Crippen molar-refractivity contribution in [3.63, 3.8) is 0 Å². The molecule has 0 aliphatic carbocycles. The van der Waals surface area contributed by atoms with Gasteiger partial charge in [0.1, 0.15) is 6.61 Å². The first-order chi connectivity index (χ1) is 14.9. The van der Waals surface area contributed by atoms with E-state index in [0.717, 1.165) is 11.1 Å². The first kappa shape index (κ1) is 26.1. The van der Waals surface area contributed by atoms with Gasteiger partial charge in [-0.1, -0.05) is 90.4 Å². The highest BCUT2D eigenvalue weighted by Gasteiger charge is 2.53. The molecule has 0 aromatic heterocycles. The minimum atomic E-state index is -0.898. The maximum atomic E-state index is 13.4. The van der Waals surface area contributed by atoms with Crippen molar-refractivity contribution in [2.45, 2.75) is 64.8 Å². The summed E-state index contributed by atoms with van der Waals surface area (Å²) in [7, 11) is 0. The third kappa shape index (κ3) is 6.22. The third-order valence-corrected chi connectivity index (χ3v) is 7.10. The number of benzene rings is 2. The Labute approximate surface area is 200 Å². The lowest BCUT2D eigenvalue weighted by Crippen LogP contribution is -2.48. The molecule has 32 heavy (non-hydrogen) atoms. The molecular weight excluding hydrogens is 468 g/mol. The Morgan fingerprint density at radius 3 is 1.91 bits per heavy atom. The van der Waals surface area contributed by atoms with Gasteiger partial charge in [-0.3, -0.25) is 9.59 Å². The van der Waals surface area contributed by atoms with Crippen LogP contribution in [0, 0.1) is 10.8 Å². The minimum Gasteiger partial charge on any atom is -0.466 e. The molecule has 0 bridgehead atoms. The van der Waals surface area contributed by atoms with Crippen LogP contribution in [0.5, 0.6) is 0 Å². The van der Waals surface area contributed by atoms with E-state index in [1.807, 2.05) is 95.3 Å². The fourth-order valence-corrected chi connectivity index (χ4v) is 4.50. The molecule has 2 rings (SSSR count). The molecule has 0 aliphatic rings. The normalized spacial score (nSPS) is 14.8. The molecule has 5 heteroatoms. The van der Waals surface area contributed by atoms with Crippen LogP contribution in [0.3, 0.4) is 0 Å². The molecule has 0 heterocycles. The second-order valence-electron chi connectivity index (χ2n) is 9.63. The highest BCUT2D eigenvalue weighted by Crippen LogP contribution is 2.52. The van der Waals surface area contributed by atoms with Crippen LogP contribution in [-0.2, 0) is 25.7 Å². The monoisotopic (exact) mass is 502 g/mol. The number of esters is 2. The van der Waals surface area contributed by atoms with Gasteiger partial charge in [0, 0.05) is 4.32 Å². The number of hydrogen-bond donors (Lipinski definition) is 0. The SMILES string of the molecule is CCOC(=O)C(c1ccccc1)C(C)(C)CC(C)(C(=O)OCc1ccccc1)C(C)(C)Br. The molecule has 0 N–H and O–H groups in total. The Morgan fingerprint density at radius 2 is 1.41 bits per heavy atom. The summed E-state index contributed by atoms with van der Waals surface area (Å²) in [6, 6.07) is 19.3. The van der Waals surface area contributed by atoms with Crippen molar-refractivity contribution >= 4 is 27.9 Å². The molecule has 2 unspecified atom stereocenters. The Balaban J connectivity index is 2.37. The number of carbonyl (C=O) groups excluding carboxylic acids is 2. The summed E-state index contributed by atoms with van der Waals surface area (Å²) in [5.74, 6) is -1.09. The van der Waals surface area contributed by atoms with Gasteiger partial charge in [0.15, 0.2) is 0 Å². The highest BCUT2D eigenvalue weighted by molar-refractivity contribution is 9.10. The first-order valence-corrected chi connectivity index (χ1v) is 11.8. The Hall–Kier alpha value is -2.14. The number of halogens is 1. The molecule has 0 aliphatic heterocycles. The molecule has 0 saturated heterocycles. The first-order valence-electron chi connectivity index (χ1n) is 11.0. The van der Waals surface area contributed by atoms with Crippen molar-refractivity contribution < 1.29 is 19.1 Å². The van der Waals surface area contributed by atoms with Gasteiger partial charge >= 0.3 is 11.9 Å². The standard InChI is InChI=1S/C27H35BrO4/c1-7-31-23(29)22(21-16-12-9-13-17-21)25(2,3)19-27(6,26(4,5)28)24(30)32-18-20-14-10-8-11-15-20/h8-17,22H,7,18-19H2,1-6H3. The largest absolute Gasteiger partial charge is 0.466 e. The molecule has 174 valence electrons. The summed E-state index contributed by atoms with van der Waals surface area (Å²) in [6.45, 7) is 12.2. The average Bonchev–Trinajstić information content (AvgIpc) is 2.72. The molecule has 2 atom stereocenters. The summed E-state index contributed by atoms with van der Waals surface area (Å²) in [6.07, 6.45) is 0.421. The van der Waals surface area contributed by atoms with Crippen LogP contribution in [-0.4, -0.2) is 22.9 Å². The van der Waals surface area contributed by atoms with Gasteiger partial charge in [0.05, 0.1) is 17.9 Å². The molecule has 0 saturated carbocycles. The summed E-state index contributed by atoms with van der Waals surface area (Å²) in [5, 5.41) is 0. The second-order valence-corrected chi connectivity index (χ2v) is 11.6. The van der Waals surface area contributed by atoms with Gasteiger partial charge in [-0.05, 0) is 50.7 Å². The molecule has 2 aromatic rings. The Bertz CT molecular complexity index is 887. The summed E-state index contributed by atoms with van der Waals surface area (Å²) >= 11 is 3.74. The smallest absolute Gasteiger partial charge is 0.313 e. The topological polar surface area (TPSA) is 52.6 Å². The van der Waals surface area contributed by atoms with Gasteiger partial charge in [0.25, 0.3) is 0 Å². The quantitative estimate of drug-likeness (QED) is 0.268. The van der Waals surface area contributed by atoms with Gasteiger partial charge in [-0.15, -0.1) is 0 Å². The van der Waals surface area contributed by atoms with Crippen LogP contribution in [0.4, 0.5) is 0 Å². The zero-order valence-corrected chi connectivity index (χ0v) is 21.6. The Morgan fingerprint density at radius 1 is 0.875 bits per heavy atom. The number of hydrogen-bond acceptors (Lipinski definition) is 4. The summed E-state index contributed by atoms with van der Waals surface area (Å²) < 4.78 is 10.6. The lowest BCUT2D eigenvalue weighted by Gasteiger charge is -2.45. The van der Waals surface area contributed by atoms with Crippen molar-refractivity contribution in [1.29, 1.82) is 0 Å². The zero-order chi connectivity index (χ0) is 24.0. The van der Waals surface area contributed by atoms with Gasteiger partial charge < -0.3 is 9.47 Å². The molecule has 0 amide bonds. The number of rotatable bonds is 10. The second kappa shape index (κ2) is 10.7. The van der Waals surface area contributed by atoms with Crippen molar-refractivity contribution in [1.82, 2.24) is 0 Å². The summed E-state index contributed by atoms with van der Waals surface area (Å²) in [5.41, 5.74) is 0.330. The van der Waals surface area contributed by atoms with E-state index < -0.39 is 21.1 Å². The van der Waals surface area contributed by atoms with Gasteiger partial charge in [-0.2, -0.15) is 0 Å². The van der Waals surface area contributed by atoms with E-state index in [4.69, 9.17) is 9.47 Å². The molecule has 2 aromatic carbocycles. The predicted molar refractivity (Wildman–Crippen MR) is 132 cm³/mol. The van der Waals surface area contributed by atoms with Crippen LogP contribution < -0.4 is 0 Å². The maximum absolute atomic E-state index is 13.4. The lowest BCUT2D eigenvalue weighted by atomic mass is 9.62. The van der Waals surface area contributed by atoms with Gasteiger partial charge in [0.2, 0.25) is 0 Å². The van der Waals surface area contributed by atoms with E-state index in [-0.39, 0.29) is 18.5 Å². The van der Waals surface area contributed by atoms with Crippen molar-refractivity contribution in [2.75, 3.05) is 6.61 Å². The number of carbonyl (C=O) groups is 2. The van der Waals surface area contributed by atoms with E-state index >= 15 is 0 Å². The number of alkyl halides is 1. The predicted octanol–water partition coefficient (Wildman–Crippen LogP) is 6.67. The van der Waals surface area contributed by atoms with Crippen LogP contribution in [0.25, 0.3) is 0 Å². The van der Waals surface area contributed by atoms with E-state index in [2.05, 4.69) is 15.9 Å². The van der Waals surface area contributed by atoms with Crippen LogP contribution in [0.1, 0.15) is 65.0 Å². The third-order valence-electron chi connectivity index (χ3n) is 6.22. The van der Waals surface area contributed by atoms with Gasteiger partial charge in [-0.25, -0.2) is 0 Å².